The average Bonchev–Trinajstić information content (AvgIpc) is 2.80. The molecule has 0 aromatic heterocycles. The van der Waals surface area contributed by atoms with Gasteiger partial charge in [0.25, 0.3) is 0 Å². The van der Waals surface area contributed by atoms with Gasteiger partial charge in [-0.05, 0) is 0 Å². The molecule has 0 radical (unpaired) electrons. The van der Waals surface area contributed by atoms with Crippen LogP contribution in [-0.2, 0) is 0 Å². The predicted molar refractivity (Wildman–Crippen MR) is 122 cm³/mol. The molecule has 0 N–H and O–H groups in total. The molecule has 0 atom stereocenters. The Morgan fingerprint density at radius 3 is 1.11 bits per heavy atom. The fourth-order valence-electron chi connectivity index (χ4n) is 3.75. The van der Waals surface area contributed by atoms with Crippen LogP contribution in [0.1, 0.15) is 10.4 Å². The van der Waals surface area contributed by atoms with Crippen LogP contribution in [0.25, 0.3) is 0 Å². The first kappa shape index (κ1) is 18.6. The zero-order chi connectivity index (χ0) is 19.5. The third-order valence-electron chi connectivity index (χ3n) is 5.13. The van der Waals surface area contributed by atoms with Crippen LogP contribution < -0.4 is 15.9 Å². The van der Waals surface area contributed by atoms with E-state index in [0.717, 1.165) is 15.9 Å². The fourth-order valence-corrected chi connectivity index (χ4v) is 9.48. The van der Waals surface area contributed by atoms with Gasteiger partial charge in [0.2, 0.25) is 0 Å². The quantitative estimate of drug-likeness (QED) is 0.402. The normalized spacial score (nSPS) is 12.7. The van der Waals surface area contributed by atoms with Crippen molar-refractivity contribution in [1.82, 2.24) is 0 Å². The van der Waals surface area contributed by atoms with Crippen molar-refractivity contribution in [3.05, 3.63) is 127 Å². The third kappa shape index (κ3) is 2.71. The van der Waals surface area contributed by atoms with E-state index in [1.165, 1.54) is 0 Å². The van der Waals surface area contributed by atoms with Crippen molar-refractivity contribution < 1.29 is 4.79 Å². The maximum atomic E-state index is 14.3. The maximum absolute atomic E-state index is 14.3. The number of hydrogen-bond donors (Lipinski definition) is 0. The van der Waals surface area contributed by atoms with Gasteiger partial charge in [0.15, 0.2) is 0 Å². The molecule has 0 heterocycles. The first-order chi connectivity index (χ1) is 13.7. The minimum atomic E-state index is -3.95. The van der Waals surface area contributed by atoms with E-state index in [1.54, 1.807) is 0 Å². The van der Waals surface area contributed by atoms with E-state index in [2.05, 4.69) is 0 Å². The summed E-state index contributed by atoms with van der Waals surface area (Å²) in [6, 6.07) is 38.8. The van der Waals surface area contributed by atoms with Crippen molar-refractivity contribution in [2.45, 2.75) is 0 Å². The molecule has 0 bridgehead atoms. The fraction of sp³-hybridized carbons (Fsp3) is 0. The average molecular weight is 403 g/mol. The molecule has 0 saturated carbocycles. The van der Waals surface area contributed by atoms with Gasteiger partial charge in [-0.25, -0.2) is 0 Å². The van der Waals surface area contributed by atoms with Gasteiger partial charge in [0.05, 0.1) is 0 Å². The first-order valence-electron chi connectivity index (χ1n) is 9.16. The number of hydrogen-bond acceptors (Lipinski definition) is 1. The van der Waals surface area contributed by atoms with Crippen molar-refractivity contribution in [3.63, 3.8) is 0 Å². The molecule has 28 heavy (non-hydrogen) atoms. The van der Waals surface area contributed by atoms with E-state index in [-0.39, 0.29) is 5.52 Å². The van der Waals surface area contributed by atoms with Crippen LogP contribution in [0.5, 0.6) is 0 Å². The van der Waals surface area contributed by atoms with Gasteiger partial charge in [-0.1, -0.05) is 0 Å². The molecule has 4 aromatic carbocycles. The van der Waals surface area contributed by atoms with Gasteiger partial charge < -0.3 is 0 Å². The summed E-state index contributed by atoms with van der Waals surface area (Å²) in [5.41, 5.74) is 0.573. The summed E-state index contributed by atoms with van der Waals surface area (Å²) in [6.07, 6.45) is 0. The third-order valence-corrected chi connectivity index (χ3v) is 12.2. The summed E-state index contributed by atoms with van der Waals surface area (Å²) in [5.74, 6) is -3.95. The van der Waals surface area contributed by atoms with E-state index >= 15 is 0 Å². The molecular formula is C25H20ClOP. The second-order valence-corrected chi connectivity index (χ2v) is 12.7. The van der Waals surface area contributed by atoms with Crippen LogP contribution >= 0.6 is 17.2 Å². The second-order valence-electron chi connectivity index (χ2n) is 6.69. The molecule has 0 unspecified atom stereocenters. The van der Waals surface area contributed by atoms with Crippen molar-refractivity contribution >= 4 is 38.6 Å². The zero-order valence-corrected chi connectivity index (χ0v) is 16.9. The minimum absolute atomic E-state index is 0.0446. The van der Waals surface area contributed by atoms with Crippen LogP contribution in [0, 0.1) is 0 Å². The van der Waals surface area contributed by atoms with Gasteiger partial charge in [-0.3, -0.25) is 0 Å². The van der Waals surface area contributed by atoms with Crippen molar-refractivity contribution in [3.8, 4) is 0 Å². The molecule has 0 aliphatic heterocycles. The summed E-state index contributed by atoms with van der Waals surface area (Å²) < 4.78 is 0. The van der Waals surface area contributed by atoms with E-state index in [9.17, 15) is 4.79 Å². The van der Waals surface area contributed by atoms with Gasteiger partial charge in [0.1, 0.15) is 0 Å². The Balaban J connectivity index is 2.18. The van der Waals surface area contributed by atoms with Crippen LogP contribution in [0.3, 0.4) is 0 Å². The molecule has 138 valence electrons. The number of rotatable bonds is 5. The van der Waals surface area contributed by atoms with Gasteiger partial charge >= 0.3 is 170 Å². The summed E-state index contributed by atoms with van der Waals surface area (Å²) in [5, 5.41) is 2.55. The molecule has 0 amide bonds. The van der Waals surface area contributed by atoms with Crippen LogP contribution in [0.2, 0.25) is 0 Å². The number of benzene rings is 4. The van der Waals surface area contributed by atoms with E-state index < -0.39 is 5.96 Å². The Bertz CT molecular complexity index is 981. The molecule has 3 heteroatoms. The monoisotopic (exact) mass is 402 g/mol. The molecule has 1 nitrogen and oxygen atoms in total. The van der Waals surface area contributed by atoms with Crippen molar-refractivity contribution in [2.75, 3.05) is 0 Å². The van der Waals surface area contributed by atoms with Crippen LogP contribution in [0.4, 0.5) is 0 Å². The Hall–Kier alpha value is -2.73. The molecule has 0 spiro atoms. The topological polar surface area (TPSA) is 17.1 Å². The molecule has 4 rings (SSSR count). The summed E-state index contributed by atoms with van der Waals surface area (Å²) in [4.78, 5) is 14.3. The van der Waals surface area contributed by atoms with Crippen LogP contribution in [-0.4, -0.2) is 5.52 Å². The standard InChI is InChI=1S/C25H20ClOP/c26-28(22-15-7-2-8-16-22,23-17-9-3-10-18-23,24-19-11-4-12-20-24)25(27)21-13-5-1-6-14-21/h1-20H. The summed E-state index contributed by atoms with van der Waals surface area (Å²) >= 11 is 7.84. The molecule has 0 fully saturated rings. The van der Waals surface area contributed by atoms with E-state index in [1.807, 2.05) is 121 Å². The number of carbonyl (C=O) groups excluding carboxylic acids is 1. The Morgan fingerprint density at radius 2 is 0.786 bits per heavy atom. The second kappa shape index (κ2) is 7.36. The van der Waals surface area contributed by atoms with Crippen molar-refractivity contribution in [2.24, 2.45) is 0 Å². The molecular weight excluding hydrogens is 383 g/mol. The molecule has 0 saturated heterocycles. The van der Waals surface area contributed by atoms with Crippen LogP contribution in [0.15, 0.2) is 121 Å². The summed E-state index contributed by atoms with van der Waals surface area (Å²) in [7, 11) is 0. The zero-order valence-electron chi connectivity index (χ0n) is 15.3. The SMILES string of the molecule is O=C(c1ccccc1)P(Cl)(c1ccccc1)(c1ccccc1)c1ccccc1. The Labute approximate surface area is 170 Å². The number of carbonyl (C=O) groups is 1. The first-order valence-corrected chi connectivity index (χ1v) is 12.3. The molecule has 0 aliphatic rings. The molecule has 4 aromatic rings. The van der Waals surface area contributed by atoms with E-state index in [0.29, 0.717) is 5.56 Å². The Kier molecular flexibility index (Phi) is 4.89. The van der Waals surface area contributed by atoms with Gasteiger partial charge in [0, 0.05) is 0 Å². The predicted octanol–water partition coefficient (Wildman–Crippen LogP) is 5.51. The number of halogens is 1. The Morgan fingerprint density at radius 1 is 0.500 bits per heavy atom. The van der Waals surface area contributed by atoms with E-state index in [4.69, 9.17) is 11.2 Å². The molecule has 0 aliphatic carbocycles. The van der Waals surface area contributed by atoms with Gasteiger partial charge in [-0.15, -0.1) is 0 Å². The van der Waals surface area contributed by atoms with Crippen molar-refractivity contribution in [1.29, 1.82) is 0 Å². The van der Waals surface area contributed by atoms with Gasteiger partial charge in [-0.2, -0.15) is 0 Å². The summed E-state index contributed by atoms with van der Waals surface area (Å²) in [6.45, 7) is 0.